The number of Topliss-reactive ketones (excluding diaryl/α,β-unsaturated/α-hetero) is 1. The average Bonchev–Trinajstić information content (AvgIpc) is 2.37. The summed E-state index contributed by atoms with van der Waals surface area (Å²) in [6.45, 7) is 6.57. The van der Waals surface area contributed by atoms with Gasteiger partial charge >= 0.3 is 0 Å². The van der Waals surface area contributed by atoms with E-state index in [-0.39, 0.29) is 25.2 Å². The van der Waals surface area contributed by atoms with Crippen LogP contribution in [0, 0.1) is 0 Å². The Balaban J connectivity index is 2.28. The lowest BCUT2D eigenvalue weighted by Gasteiger charge is -2.27. The number of ketones is 1. The summed E-state index contributed by atoms with van der Waals surface area (Å²) in [6.07, 6.45) is 5.92. The molecule has 1 aliphatic heterocycles. The molecular formula is C16H26O4. The molecule has 2 atom stereocenters. The van der Waals surface area contributed by atoms with E-state index in [1.807, 2.05) is 6.08 Å². The molecule has 4 heteroatoms. The van der Waals surface area contributed by atoms with Crippen LogP contribution in [0.1, 0.15) is 46.5 Å². The molecule has 1 N–H and O–H groups in total. The Morgan fingerprint density at radius 1 is 1.35 bits per heavy atom. The number of carbonyl (C=O) groups is 1. The first-order chi connectivity index (χ1) is 9.51. The molecule has 0 bridgehead atoms. The maximum atomic E-state index is 11.5. The minimum atomic E-state index is -0.518. The van der Waals surface area contributed by atoms with Gasteiger partial charge in [0.05, 0.1) is 25.7 Å². The molecule has 1 aliphatic rings. The van der Waals surface area contributed by atoms with Crippen LogP contribution in [-0.2, 0) is 14.3 Å². The van der Waals surface area contributed by atoms with Crippen molar-refractivity contribution < 1.29 is 19.4 Å². The van der Waals surface area contributed by atoms with Crippen molar-refractivity contribution in [3.63, 3.8) is 0 Å². The Hall–Kier alpha value is -0.970. The van der Waals surface area contributed by atoms with E-state index >= 15 is 0 Å². The number of hydrogen-bond donors (Lipinski definition) is 1. The van der Waals surface area contributed by atoms with Gasteiger partial charge in [0.2, 0.25) is 0 Å². The van der Waals surface area contributed by atoms with Crippen molar-refractivity contribution >= 4 is 5.78 Å². The molecule has 1 rings (SSSR count). The monoisotopic (exact) mass is 282 g/mol. The Labute approximate surface area is 121 Å². The zero-order valence-electron chi connectivity index (χ0n) is 12.7. The summed E-state index contributed by atoms with van der Waals surface area (Å²) in [7, 11) is 0. The Bertz CT molecular complexity index is 367. The second kappa shape index (κ2) is 9.06. The van der Waals surface area contributed by atoms with Gasteiger partial charge in [0.1, 0.15) is 5.78 Å². The standard InChI is InChI=1S/C16H26O4/c1-12(2)5-4-6-13(3)7-8-19-16-10-14(18)9-15(11-17)20-16/h5,7,15-17H,4,6,8-11H2,1-3H3/b13-7+/t15-,16+/m0/s1. The second-order valence-corrected chi connectivity index (χ2v) is 5.52. The third-order valence-corrected chi connectivity index (χ3v) is 3.20. The molecule has 0 aromatic carbocycles. The fourth-order valence-electron chi connectivity index (χ4n) is 2.03. The van der Waals surface area contributed by atoms with E-state index < -0.39 is 12.4 Å². The highest BCUT2D eigenvalue weighted by atomic mass is 16.7. The fraction of sp³-hybridized carbons (Fsp3) is 0.688. The molecule has 0 radical (unpaired) electrons. The van der Waals surface area contributed by atoms with E-state index in [2.05, 4.69) is 26.8 Å². The highest BCUT2D eigenvalue weighted by molar-refractivity contribution is 5.79. The molecule has 0 amide bonds. The highest BCUT2D eigenvalue weighted by Gasteiger charge is 2.27. The SMILES string of the molecule is CC(C)=CCC/C(C)=C/CO[C@H]1CC(=O)C[C@@H](CO)O1. The second-order valence-electron chi connectivity index (χ2n) is 5.52. The van der Waals surface area contributed by atoms with Crippen LogP contribution in [-0.4, -0.2) is 36.5 Å². The zero-order chi connectivity index (χ0) is 15.0. The number of aliphatic hydroxyl groups is 1. The average molecular weight is 282 g/mol. The summed E-state index contributed by atoms with van der Waals surface area (Å²) in [5, 5.41) is 9.03. The largest absolute Gasteiger partial charge is 0.394 e. The maximum Gasteiger partial charge on any atom is 0.165 e. The van der Waals surface area contributed by atoms with E-state index in [1.165, 1.54) is 11.1 Å². The van der Waals surface area contributed by atoms with Gasteiger partial charge < -0.3 is 14.6 Å². The summed E-state index contributed by atoms with van der Waals surface area (Å²) in [5.41, 5.74) is 2.60. The number of carbonyl (C=O) groups excluding carboxylic acids is 1. The van der Waals surface area contributed by atoms with Crippen LogP contribution in [0.5, 0.6) is 0 Å². The van der Waals surface area contributed by atoms with Crippen molar-refractivity contribution in [2.45, 2.75) is 58.8 Å². The normalized spacial score (nSPS) is 23.8. The molecule has 0 aliphatic carbocycles. The predicted molar refractivity (Wildman–Crippen MR) is 78.4 cm³/mol. The van der Waals surface area contributed by atoms with E-state index in [4.69, 9.17) is 14.6 Å². The van der Waals surface area contributed by atoms with E-state index in [0.717, 1.165) is 12.8 Å². The van der Waals surface area contributed by atoms with Crippen LogP contribution in [0.2, 0.25) is 0 Å². The number of rotatable bonds is 7. The summed E-state index contributed by atoms with van der Waals surface area (Å²) in [6, 6.07) is 0. The number of hydrogen-bond acceptors (Lipinski definition) is 4. The fourth-order valence-corrected chi connectivity index (χ4v) is 2.03. The third kappa shape index (κ3) is 6.98. The molecule has 0 aromatic rings. The van der Waals surface area contributed by atoms with Gasteiger partial charge in [0, 0.05) is 6.42 Å². The quantitative estimate of drug-likeness (QED) is 0.729. The van der Waals surface area contributed by atoms with Crippen molar-refractivity contribution in [2.75, 3.05) is 13.2 Å². The summed E-state index contributed by atoms with van der Waals surface area (Å²) in [4.78, 5) is 11.5. The Kier molecular flexibility index (Phi) is 7.73. The van der Waals surface area contributed by atoms with Crippen LogP contribution in [0.4, 0.5) is 0 Å². The first-order valence-corrected chi connectivity index (χ1v) is 7.20. The zero-order valence-corrected chi connectivity index (χ0v) is 12.7. The number of ether oxygens (including phenoxy) is 2. The molecular weight excluding hydrogens is 256 g/mol. The van der Waals surface area contributed by atoms with Crippen molar-refractivity contribution in [2.24, 2.45) is 0 Å². The summed E-state index contributed by atoms with van der Waals surface area (Å²) < 4.78 is 11.0. The number of aliphatic hydroxyl groups excluding tert-OH is 1. The maximum absolute atomic E-state index is 11.5. The minimum absolute atomic E-state index is 0.0876. The number of allylic oxidation sites excluding steroid dienone is 3. The lowest BCUT2D eigenvalue weighted by atomic mass is 10.1. The molecule has 0 spiro atoms. The molecule has 0 unspecified atom stereocenters. The van der Waals surface area contributed by atoms with Gasteiger partial charge in [-0.05, 0) is 33.6 Å². The van der Waals surface area contributed by atoms with E-state index in [9.17, 15) is 4.79 Å². The van der Waals surface area contributed by atoms with Gasteiger partial charge in [-0.1, -0.05) is 23.3 Å². The molecule has 4 nitrogen and oxygen atoms in total. The molecule has 114 valence electrons. The first kappa shape index (κ1) is 17.1. The van der Waals surface area contributed by atoms with E-state index in [0.29, 0.717) is 6.61 Å². The van der Waals surface area contributed by atoms with Crippen LogP contribution < -0.4 is 0 Å². The van der Waals surface area contributed by atoms with Crippen molar-refractivity contribution in [3.05, 3.63) is 23.3 Å². The highest BCUT2D eigenvalue weighted by Crippen LogP contribution is 2.17. The van der Waals surface area contributed by atoms with Crippen molar-refractivity contribution in [3.8, 4) is 0 Å². The van der Waals surface area contributed by atoms with Gasteiger partial charge in [-0.3, -0.25) is 4.79 Å². The smallest absolute Gasteiger partial charge is 0.165 e. The molecule has 0 saturated carbocycles. The molecule has 1 saturated heterocycles. The lowest BCUT2D eigenvalue weighted by Crippen LogP contribution is -2.36. The van der Waals surface area contributed by atoms with Crippen molar-refractivity contribution in [1.82, 2.24) is 0 Å². The summed E-state index contributed by atoms with van der Waals surface area (Å²) >= 11 is 0. The van der Waals surface area contributed by atoms with Crippen LogP contribution >= 0.6 is 0 Å². The third-order valence-electron chi connectivity index (χ3n) is 3.20. The van der Waals surface area contributed by atoms with Gasteiger partial charge in [-0.15, -0.1) is 0 Å². The first-order valence-electron chi connectivity index (χ1n) is 7.20. The topological polar surface area (TPSA) is 55.8 Å². The summed E-state index contributed by atoms with van der Waals surface area (Å²) in [5.74, 6) is 0.0876. The van der Waals surface area contributed by atoms with Crippen LogP contribution in [0.3, 0.4) is 0 Å². The Morgan fingerprint density at radius 3 is 2.75 bits per heavy atom. The predicted octanol–water partition coefficient (Wildman–Crippen LogP) is 2.76. The van der Waals surface area contributed by atoms with Gasteiger partial charge in [-0.2, -0.15) is 0 Å². The van der Waals surface area contributed by atoms with Gasteiger partial charge in [0.25, 0.3) is 0 Å². The molecule has 1 fully saturated rings. The molecule has 1 heterocycles. The molecule has 20 heavy (non-hydrogen) atoms. The Morgan fingerprint density at radius 2 is 2.10 bits per heavy atom. The van der Waals surface area contributed by atoms with Crippen molar-refractivity contribution in [1.29, 1.82) is 0 Å². The van der Waals surface area contributed by atoms with Crippen LogP contribution in [0.25, 0.3) is 0 Å². The lowest BCUT2D eigenvalue weighted by molar-refractivity contribution is -0.196. The van der Waals surface area contributed by atoms with Gasteiger partial charge in [0.15, 0.2) is 6.29 Å². The van der Waals surface area contributed by atoms with Crippen LogP contribution in [0.15, 0.2) is 23.3 Å². The van der Waals surface area contributed by atoms with E-state index in [1.54, 1.807) is 0 Å². The minimum Gasteiger partial charge on any atom is -0.394 e. The molecule has 0 aromatic heterocycles. The van der Waals surface area contributed by atoms with Gasteiger partial charge in [-0.25, -0.2) is 0 Å².